The molecule has 3 heterocycles. The van der Waals surface area contributed by atoms with Gasteiger partial charge in [-0.05, 0) is 12.5 Å². The van der Waals surface area contributed by atoms with Gasteiger partial charge in [0.2, 0.25) is 0 Å². The van der Waals surface area contributed by atoms with E-state index in [2.05, 4.69) is 9.98 Å². The fourth-order valence-electron chi connectivity index (χ4n) is 2.96. The summed E-state index contributed by atoms with van der Waals surface area (Å²) < 4.78 is 0. The van der Waals surface area contributed by atoms with Crippen molar-refractivity contribution in [3.8, 4) is 0 Å². The number of fused-ring (bicyclic) bond motifs is 3. The molecule has 0 radical (unpaired) electrons. The number of benzene rings is 1. The molecule has 0 saturated carbocycles. The second-order valence-corrected chi connectivity index (χ2v) is 5.56. The maximum Gasteiger partial charge on any atom is 0.263 e. The monoisotopic (exact) mass is 291 g/mol. The normalized spacial score (nSPS) is 15.4. The number of aliphatic imine (C=N–C) groups is 1. The van der Waals surface area contributed by atoms with Crippen molar-refractivity contribution >= 4 is 18.0 Å². The maximum absolute atomic E-state index is 12.7. The number of hydrogen-bond donors (Lipinski definition) is 0. The predicted molar refractivity (Wildman–Crippen MR) is 80.9 cm³/mol. The second-order valence-electron chi connectivity index (χ2n) is 5.56. The fraction of sp³-hybridized carbons (Fsp3) is 0.176. The molecule has 0 atom stereocenters. The number of imide groups is 1. The van der Waals surface area contributed by atoms with Crippen molar-refractivity contribution in [1.82, 2.24) is 9.88 Å². The molecule has 0 spiro atoms. The molecule has 1 aromatic carbocycles. The van der Waals surface area contributed by atoms with Gasteiger partial charge in [-0.3, -0.25) is 24.5 Å². The van der Waals surface area contributed by atoms with E-state index >= 15 is 0 Å². The number of aromatic nitrogens is 1. The minimum absolute atomic E-state index is 0.256. The first kappa shape index (κ1) is 12.9. The summed E-state index contributed by atoms with van der Waals surface area (Å²) in [6.45, 7) is 2.74. The number of aryl methyl sites for hydroxylation is 1. The molecular weight excluding hydrogens is 278 g/mol. The molecule has 0 unspecified atom stereocenters. The molecule has 2 aromatic rings. The number of pyridine rings is 1. The van der Waals surface area contributed by atoms with E-state index in [9.17, 15) is 9.59 Å². The molecule has 2 aliphatic heterocycles. The van der Waals surface area contributed by atoms with E-state index in [4.69, 9.17) is 0 Å². The molecule has 0 N–H and O–H groups in total. The Morgan fingerprint density at radius 2 is 2.09 bits per heavy atom. The van der Waals surface area contributed by atoms with Crippen LogP contribution < -0.4 is 0 Å². The second kappa shape index (κ2) is 4.59. The lowest BCUT2D eigenvalue weighted by atomic mass is 10.1. The van der Waals surface area contributed by atoms with Gasteiger partial charge in [0.15, 0.2) is 0 Å². The largest absolute Gasteiger partial charge is 0.286 e. The van der Waals surface area contributed by atoms with Crippen LogP contribution in [0.5, 0.6) is 0 Å². The van der Waals surface area contributed by atoms with Crippen LogP contribution in [-0.4, -0.2) is 27.9 Å². The van der Waals surface area contributed by atoms with Gasteiger partial charge in [-0.1, -0.05) is 29.8 Å². The van der Waals surface area contributed by atoms with Crippen LogP contribution >= 0.6 is 0 Å². The minimum Gasteiger partial charge on any atom is -0.286 e. The Labute approximate surface area is 127 Å². The molecule has 5 nitrogen and oxygen atoms in total. The van der Waals surface area contributed by atoms with Gasteiger partial charge in [-0.25, -0.2) is 0 Å². The molecule has 0 bridgehead atoms. The highest BCUT2D eigenvalue weighted by Gasteiger charge is 2.39. The third kappa shape index (κ3) is 1.79. The number of nitrogens with zero attached hydrogens (tertiary/aromatic N) is 3. The van der Waals surface area contributed by atoms with E-state index in [1.54, 1.807) is 6.21 Å². The van der Waals surface area contributed by atoms with Crippen LogP contribution in [0.3, 0.4) is 0 Å². The van der Waals surface area contributed by atoms with Crippen LogP contribution in [0, 0.1) is 6.92 Å². The quantitative estimate of drug-likeness (QED) is 0.796. The van der Waals surface area contributed by atoms with E-state index in [0.717, 1.165) is 16.8 Å². The van der Waals surface area contributed by atoms with Crippen molar-refractivity contribution in [2.24, 2.45) is 4.99 Å². The van der Waals surface area contributed by atoms with Crippen molar-refractivity contribution in [2.75, 3.05) is 0 Å². The Morgan fingerprint density at radius 1 is 1.23 bits per heavy atom. The fourth-order valence-corrected chi connectivity index (χ4v) is 2.96. The topological polar surface area (TPSA) is 62.6 Å². The molecule has 0 fully saturated rings. The average molecular weight is 291 g/mol. The van der Waals surface area contributed by atoms with Gasteiger partial charge in [-0.15, -0.1) is 0 Å². The van der Waals surface area contributed by atoms with Crippen LogP contribution in [0.25, 0.3) is 0 Å². The standard InChI is InChI=1S/C17H13N3O2/c1-10-3-2-4-11(5-10)9-20-16(21)13-7-19-14-8-18-6-12(14)15(13)17(20)22/h2-7H,8-9H2,1H3. The Balaban J connectivity index is 1.74. The van der Waals surface area contributed by atoms with Gasteiger partial charge in [0.05, 0.1) is 29.9 Å². The molecule has 0 aliphatic carbocycles. The van der Waals surface area contributed by atoms with Gasteiger partial charge in [0.1, 0.15) is 0 Å². The SMILES string of the molecule is Cc1cccc(CN2C(=O)c3cnc4c(c3C2=O)C=NC4)c1. The van der Waals surface area contributed by atoms with E-state index in [-0.39, 0.29) is 18.4 Å². The number of carbonyl (C=O) groups excluding carboxylic acids is 2. The molecule has 4 rings (SSSR count). The molecular formula is C17H13N3O2. The van der Waals surface area contributed by atoms with Gasteiger partial charge >= 0.3 is 0 Å². The van der Waals surface area contributed by atoms with Crippen LogP contribution in [0.2, 0.25) is 0 Å². The van der Waals surface area contributed by atoms with E-state index < -0.39 is 0 Å². The molecule has 5 heteroatoms. The molecule has 2 aliphatic rings. The first-order valence-corrected chi connectivity index (χ1v) is 7.08. The highest BCUT2D eigenvalue weighted by Crippen LogP contribution is 2.29. The Kier molecular flexibility index (Phi) is 2.69. The molecule has 1 aromatic heterocycles. The summed E-state index contributed by atoms with van der Waals surface area (Å²) in [5.41, 5.74) is 4.32. The first-order chi connectivity index (χ1) is 10.6. The zero-order valence-corrected chi connectivity index (χ0v) is 12.0. The van der Waals surface area contributed by atoms with Gasteiger partial charge < -0.3 is 0 Å². The first-order valence-electron chi connectivity index (χ1n) is 7.08. The lowest BCUT2D eigenvalue weighted by Crippen LogP contribution is -2.29. The summed E-state index contributed by atoms with van der Waals surface area (Å²) >= 11 is 0. The van der Waals surface area contributed by atoms with Crippen LogP contribution in [0.1, 0.15) is 43.1 Å². The number of rotatable bonds is 2. The third-order valence-corrected chi connectivity index (χ3v) is 4.02. The minimum atomic E-state index is -0.280. The molecule has 2 amide bonds. The zero-order valence-electron chi connectivity index (χ0n) is 12.0. The lowest BCUT2D eigenvalue weighted by Gasteiger charge is -2.14. The smallest absolute Gasteiger partial charge is 0.263 e. The number of carbonyl (C=O) groups is 2. The van der Waals surface area contributed by atoms with Gasteiger partial charge in [-0.2, -0.15) is 0 Å². The maximum atomic E-state index is 12.7. The van der Waals surface area contributed by atoms with E-state index in [1.165, 1.54) is 11.1 Å². The molecule has 22 heavy (non-hydrogen) atoms. The zero-order chi connectivity index (χ0) is 15.3. The van der Waals surface area contributed by atoms with Crippen molar-refractivity contribution in [2.45, 2.75) is 20.0 Å². The van der Waals surface area contributed by atoms with Crippen molar-refractivity contribution < 1.29 is 9.59 Å². The number of amides is 2. The summed E-state index contributed by atoms with van der Waals surface area (Å²) in [4.78, 5) is 34.9. The summed E-state index contributed by atoms with van der Waals surface area (Å²) in [6, 6.07) is 7.81. The highest BCUT2D eigenvalue weighted by molar-refractivity contribution is 6.24. The average Bonchev–Trinajstić information content (AvgIpc) is 3.06. The Bertz CT molecular complexity index is 855. The predicted octanol–water partition coefficient (Wildman–Crippen LogP) is 2.12. The molecule has 0 saturated heterocycles. The van der Waals surface area contributed by atoms with E-state index in [1.807, 2.05) is 31.2 Å². The van der Waals surface area contributed by atoms with Crippen molar-refractivity contribution in [1.29, 1.82) is 0 Å². The van der Waals surface area contributed by atoms with Crippen LogP contribution in [0.15, 0.2) is 35.5 Å². The van der Waals surface area contributed by atoms with Gasteiger partial charge in [0.25, 0.3) is 11.8 Å². The van der Waals surface area contributed by atoms with Crippen molar-refractivity contribution in [3.63, 3.8) is 0 Å². The van der Waals surface area contributed by atoms with Gasteiger partial charge in [0, 0.05) is 18.0 Å². The Hall–Kier alpha value is -2.82. The van der Waals surface area contributed by atoms with E-state index in [0.29, 0.717) is 23.2 Å². The number of hydrogen-bond acceptors (Lipinski definition) is 4. The lowest BCUT2D eigenvalue weighted by molar-refractivity contribution is 0.0642. The van der Waals surface area contributed by atoms with Crippen LogP contribution in [0.4, 0.5) is 0 Å². The summed E-state index contributed by atoms with van der Waals surface area (Å²) in [7, 11) is 0. The highest BCUT2D eigenvalue weighted by atomic mass is 16.2. The third-order valence-electron chi connectivity index (χ3n) is 4.02. The summed E-state index contributed by atoms with van der Waals surface area (Å²) in [6.07, 6.45) is 3.14. The Morgan fingerprint density at radius 3 is 2.91 bits per heavy atom. The summed E-state index contributed by atoms with van der Waals surface area (Å²) in [5, 5.41) is 0. The summed E-state index contributed by atoms with van der Waals surface area (Å²) in [5.74, 6) is -0.536. The van der Waals surface area contributed by atoms with Crippen LogP contribution in [-0.2, 0) is 13.1 Å². The van der Waals surface area contributed by atoms with Crippen molar-refractivity contribution in [3.05, 3.63) is 64.0 Å². The molecule has 108 valence electrons.